The molecular formula is C13H23N3. The predicted octanol–water partition coefficient (Wildman–Crippen LogP) is 1.91. The van der Waals surface area contributed by atoms with Gasteiger partial charge in [-0.05, 0) is 58.0 Å². The van der Waals surface area contributed by atoms with Crippen LogP contribution in [0.2, 0.25) is 0 Å². The molecule has 90 valence electrons. The van der Waals surface area contributed by atoms with Crippen molar-refractivity contribution in [2.45, 2.75) is 39.2 Å². The number of hydrogen-bond donors (Lipinski definition) is 0. The van der Waals surface area contributed by atoms with Crippen LogP contribution in [0.3, 0.4) is 0 Å². The van der Waals surface area contributed by atoms with E-state index in [0.717, 1.165) is 24.9 Å². The van der Waals surface area contributed by atoms with Gasteiger partial charge in [0.1, 0.15) is 0 Å². The van der Waals surface area contributed by atoms with Crippen molar-refractivity contribution in [1.82, 2.24) is 9.80 Å². The van der Waals surface area contributed by atoms with Crippen LogP contribution in [0.1, 0.15) is 33.1 Å². The molecule has 0 bridgehead atoms. The fraction of sp³-hybridized carbons (Fsp3) is 0.923. The lowest BCUT2D eigenvalue weighted by atomic mass is 9.83. The van der Waals surface area contributed by atoms with Crippen molar-refractivity contribution >= 4 is 0 Å². The van der Waals surface area contributed by atoms with E-state index >= 15 is 0 Å². The molecule has 1 atom stereocenters. The van der Waals surface area contributed by atoms with Gasteiger partial charge in [0.05, 0.1) is 0 Å². The number of hydrogen-bond acceptors (Lipinski definition) is 3. The third-order valence-corrected chi connectivity index (χ3v) is 4.34. The molecule has 2 aliphatic rings. The van der Waals surface area contributed by atoms with Gasteiger partial charge < -0.3 is 9.80 Å². The minimum atomic E-state index is 0.695. The topological polar surface area (TPSA) is 30.3 Å². The molecule has 0 radical (unpaired) electrons. The third kappa shape index (κ3) is 2.49. The van der Waals surface area contributed by atoms with Gasteiger partial charge in [0.25, 0.3) is 0 Å². The fourth-order valence-corrected chi connectivity index (χ4v) is 3.17. The van der Waals surface area contributed by atoms with E-state index in [9.17, 15) is 0 Å². The Bertz CT molecular complexity index is 261. The Kier molecular flexibility index (Phi) is 3.70. The Hall–Kier alpha value is -0.750. The third-order valence-electron chi connectivity index (χ3n) is 4.34. The molecule has 0 aromatic rings. The van der Waals surface area contributed by atoms with Gasteiger partial charge in [-0.15, -0.1) is 0 Å². The SMILES string of the molecule is CC(C)N1CCC(C2CCN(C#N)C2)CC1. The van der Waals surface area contributed by atoms with Gasteiger partial charge in [0.2, 0.25) is 0 Å². The number of likely N-dealkylation sites (tertiary alicyclic amines) is 2. The minimum absolute atomic E-state index is 0.695. The largest absolute Gasteiger partial charge is 0.310 e. The molecule has 3 heteroatoms. The molecule has 2 heterocycles. The van der Waals surface area contributed by atoms with Crippen LogP contribution in [0, 0.1) is 23.3 Å². The first-order valence-corrected chi connectivity index (χ1v) is 6.59. The molecule has 0 amide bonds. The van der Waals surface area contributed by atoms with E-state index in [1.165, 1.54) is 32.4 Å². The molecule has 0 spiro atoms. The van der Waals surface area contributed by atoms with Crippen molar-refractivity contribution in [3.8, 4) is 6.19 Å². The quantitative estimate of drug-likeness (QED) is 0.667. The van der Waals surface area contributed by atoms with Gasteiger partial charge >= 0.3 is 0 Å². The maximum Gasteiger partial charge on any atom is 0.179 e. The highest BCUT2D eigenvalue weighted by atomic mass is 15.2. The first-order valence-electron chi connectivity index (χ1n) is 6.59. The summed E-state index contributed by atoms with van der Waals surface area (Å²) in [6, 6.07) is 0.695. The normalized spacial score (nSPS) is 28.6. The summed E-state index contributed by atoms with van der Waals surface area (Å²) in [4.78, 5) is 4.51. The standard InChI is InChI=1S/C13H23N3/c1-11(2)16-7-4-12(5-8-16)13-3-6-15(9-13)10-14/h11-13H,3-9H2,1-2H3. The Morgan fingerprint density at radius 2 is 1.69 bits per heavy atom. The van der Waals surface area contributed by atoms with Crippen LogP contribution in [-0.4, -0.2) is 42.0 Å². The summed E-state index contributed by atoms with van der Waals surface area (Å²) in [7, 11) is 0. The number of nitrogens with zero attached hydrogens (tertiary/aromatic N) is 3. The zero-order valence-electron chi connectivity index (χ0n) is 10.5. The summed E-state index contributed by atoms with van der Waals surface area (Å²) in [6.07, 6.45) is 6.19. The number of piperidine rings is 1. The first kappa shape index (κ1) is 11.7. The fourth-order valence-electron chi connectivity index (χ4n) is 3.17. The summed E-state index contributed by atoms with van der Waals surface area (Å²) in [6.45, 7) is 9.09. The van der Waals surface area contributed by atoms with Crippen molar-refractivity contribution in [2.24, 2.45) is 11.8 Å². The van der Waals surface area contributed by atoms with Crippen molar-refractivity contribution in [3.63, 3.8) is 0 Å². The Balaban J connectivity index is 1.79. The summed E-state index contributed by atoms with van der Waals surface area (Å²) in [5.74, 6) is 1.65. The smallest absolute Gasteiger partial charge is 0.179 e. The lowest BCUT2D eigenvalue weighted by Crippen LogP contribution is -2.40. The highest BCUT2D eigenvalue weighted by Crippen LogP contribution is 2.31. The summed E-state index contributed by atoms with van der Waals surface area (Å²) in [5.41, 5.74) is 0. The number of nitriles is 1. The average Bonchev–Trinajstić information content (AvgIpc) is 2.77. The van der Waals surface area contributed by atoms with Gasteiger partial charge in [-0.2, -0.15) is 5.26 Å². The van der Waals surface area contributed by atoms with Crippen molar-refractivity contribution in [1.29, 1.82) is 5.26 Å². The molecule has 16 heavy (non-hydrogen) atoms. The second-order valence-corrected chi connectivity index (χ2v) is 5.56. The van der Waals surface area contributed by atoms with Gasteiger partial charge in [0, 0.05) is 19.1 Å². The summed E-state index contributed by atoms with van der Waals surface area (Å²) in [5, 5.41) is 8.86. The van der Waals surface area contributed by atoms with E-state index in [0.29, 0.717) is 6.04 Å². The second kappa shape index (κ2) is 5.05. The Labute approximate surface area is 99.0 Å². The molecule has 2 rings (SSSR count). The first-order chi connectivity index (χ1) is 7.70. The Morgan fingerprint density at radius 3 is 2.19 bits per heavy atom. The van der Waals surface area contributed by atoms with E-state index in [-0.39, 0.29) is 0 Å². The van der Waals surface area contributed by atoms with Gasteiger partial charge in [-0.1, -0.05) is 0 Å². The van der Waals surface area contributed by atoms with E-state index in [1.807, 2.05) is 4.90 Å². The summed E-state index contributed by atoms with van der Waals surface area (Å²) < 4.78 is 0. The van der Waals surface area contributed by atoms with E-state index < -0.39 is 0 Å². The molecule has 0 N–H and O–H groups in total. The van der Waals surface area contributed by atoms with Crippen LogP contribution in [0.5, 0.6) is 0 Å². The maximum atomic E-state index is 8.86. The number of rotatable bonds is 2. The van der Waals surface area contributed by atoms with Crippen molar-refractivity contribution in [2.75, 3.05) is 26.2 Å². The maximum absolute atomic E-state index is 8.86. The van der Waals surface area contributed by atoms with Gasteiger partial charge in [0.15, 0.2) is 6.19 Å². The van der Waals surface area contributed by atoms with Crippen LogP contribution in [-0.2, 0) is 0 Å². The van der Waals surface area contributed by atoms with Crippen LogP contribution in [0.15, 0.2) is 0 Å². The van der Waals surface area contributed by atoms with E-state index in [2.05, 4.69) is 24.9 Å². The zero-order chi connectivity index (χ0) is 11.5. The zero-order valence-corrected chi connectivity index (χ0v) is 10.5. The van der Waals surface area contributed by atoms with Crippen LogP contribution in [0.25, 0.3) is 0 Å². The van der Waals surface area contributed by atoms with Gasteiger partial charge in [-0.25, -0.2) is 0 Å². The minimum Gasteiger partial charge on any atom is -0.310 e. The van der Waals surface area contributed by atoms with Crippen LogP contribution in [0.4, 0.5) is 0 Å². The Morgan fingerprint density at radius 1 is 1.06 bits per heavy atom. The molecule has 1 unspecified atom stereocenters. The molecule has 3 nitrogen and oxygen atoms in total. The van der Waals surface area contributed by atoms with Crippen LogP contribution >= 0.6 is 0 Å². The summed E-state index contributed by atoms with van der Waals surface area (Å²) >= 11 is 0. The van der Waals surface area contributed by atoms with Crippen molar-refractivity contribution in [3.05, 3.63) is 0 Å². The van der Waals surface area contributed by atoms with E-state index in [4.69, 9.17) is 5.26 Å². The predicted molar refractivity (Wildman–Crippen MR) is 64.7 cm³/mol. The molecule has 0 aromatic heterocycles. The molecule has 0 saturated carbocycles. The monoisotopic (exact) mass is 221 g/mol. The van der Waals surface area contributed by atoms with Crippen molar-refractivity contribution < 1.29 is 0 Å². The second-order valence-electron chi connectivity index (χ2n) is 5.56. The molecule has 0 aromatic carbocycles. The lowest BCUT2D eigenvalue weighted by Gasteiger charge is -2.36. The molecule has 0 aliphatic carbocycles. The van der Waals surface area contributed by atoms with Crippen LogP contribution < -0.4 is 0 Å². The highest BCUT2D eigenvalue weighted by molar-refractivity contribution is 4.89. The molecular weight excluding hydrogens is 198 g/mol. The molecule has 2 saturated heterocycles. The average molecular weight is 221 g/mol. The van der Waals surface area contributed by atoms with E-state index in [1.54, 1.807) is 0 Å². The molecule has 2 aliphatic heterocycles. The highest BCUT2D eigenvalue weighted by Gasteiger charge is 2.31. The molecule has 2 fully saturated rings. The van der Waals surface area contributed by atoms with Gasteiger partial charge in [-0.3, -0.25) is 0 Å². The lowest BCUT2D eigenvalue weighted by molar-refractivity contribution is 0.123.